The summed E-state index contributed by atoms with van der Waals surface area (Å²) in [6, 6.07) is 5.95. The fourth-order valence-electron chi connectivity index (χ4n) is 2.22. The van der Waals surface area contributed by atoms with Gasteiger partial charge in [-0.15, -0.1) is 0 Å². The number of hydrogen-bond donors (Lipinski definition) is 1. The minimum atomic E-state index is -0.767. The standard InChI is InChI=1S/C14H15ClN2O3/c1-2-11(17-12(18)6-7-13(17)19)14(20)16-10-5-3-4-9(15)8-10/h3-5,8,11H,2,6-7H2,1H3,(H,16,20). The van der Waals surface area contributed by atoms with Gasteiger partial charge in [0, 0.05) is 23.6 Å². The van der Waals surface area contributed by atoms with Crippen LogP contribution in [-0.2, 0) is 14.4 Å². The van der Waals surface area contributed by atoms with Crippen LogP contribution in [0.5, 0.6) is 0 Å². The van der Waals surface area contributed by atoms with Crippen LogP contribution in [0.15, 0.2) is 24.3 Å². The molecule has 5 nitrogen and oxygen atoms in total. The van der Waals surface area contributed by atoms with Gasteiger partial charge in [0.25, 0.3) is 0 Å². The molecule has 20 heavy (non-hydrogen) atoms. The molecular formula is C14H15ClN2O3. The Hall–Kier alpha value is -1.88. The Labute approximate surface area is 121 Å². The first-order valence-corrected chi connectivity index (χ1v) is 6.82. The first kappa shape index (κ1) is 14.5. The van der Waals surface area contributed by atoms with Crippen molar-refractivity contribution in [3.8, 4) is 0 Å². The third-order valence-electron chi connectivity index (χ3n) is 3.18. The highest BCUT2D eigenvalue weighted by Gasteiger charge is 2.37. The summed E-state index contributed by atoms with van der Waals surface area (Å²) in [4.78, 5) is 36.7. The summed E-state index contributed by atoms with van der Waals surface area (Å²) in [5.74, 6) is -0.954. The van der Waals surface area contributed by atoms with E-state index in [9.17, 15) is 14.4 Å². The molecule has 1 aromatic carbocycles. The SMILES string of the molecule is CCC(C(=O)Nc1cccc(Cl)c1)N1C(=O)CCC1=O. The van der Waals surface area contributed by atoms with E-state index in [1.165, 1.54) is 0 Å². The monoisotopic (exact) mass is 294 g/mol. The highest BCUT2D eigenvalue weighted by molar-refractivity contribution is 6.30. The van der Waals surface area contributed by atoms with Crippen LogP contribution in [0.25, 0.3) is 0 Å². The summed E-state index contributed by atoms with van der Waals surface area (Å²) in [7, 11) is 0. The molecule has 2 rings (SSSR count). The highest BCUT2D eigenvalue weighted by Crippen LogP contribution is 2.20. The Kier molecular flexibility index (Phi) is 4.39. The molecule has 1 aliphatic heterocycles. The molecule has 106 valence electrons. The zero-order valence-corrected chi connectivity index (χ0v) is 11.8. The van der Waals surface area contributed by atoms with Crippen LogP contribution in [0.4, 0.5) is 5.69 Å². The van der Waals surface area contributed by atoms with Gasteiger partial charge in [0.15, 0.2) is 0 Å². The molecule has 1 atom stereocenters. The number of likely N-dealkylation sites (tertiary alicyclic amines) is 1. The Morgan fingerprint density at radius 3 is 2.55 bits per heavy atom. The van der Waals surface area contributed by atoms with Gasteiger partial charge in [0.05, 0.1) is 0 Å². The van der Waals surface area contributed by atoms with Crippen molar-refractivity contribution in [2.24, 2.45) is 0 Å². The number of amides is 3. The van der Waals surface area contributed by atoms with E-state index in [1.807, 2.05) is 0 Å². The number of hydrogen-bond acceptors (Lipinski definition) is 3. The van der Waals surface area contributed by atoms with Crippen molar-refractivity contribution in [3.05, 3.63) is 29.3 Å². The Bertz CT molecular complexity index is 543. The van der Waals surface area contributed by atoms with Gasteiger partial charge in [-0.05, 0) is 24.6 Å². The lowest BCUT2D eigenvalue weighted by Gasteiger charge is -2.24. The van der Waals surface area contributed by atoms with Crippen LogP contribution in [0.2, 0.25) is 5.02 Å². The topological polar surface area (TPSA) is 66.5 Å². The Morgan fingerprint density at radius 1 is 1.35 bits per heavy atom. The van der Waals surface area contributed by atoms with Gasteiger partial charge in [0.2, 0.25) is 17.7 Å². The largest absolute Gasteiger partial charge is 0.324 e. The maximum absolute atomic E-state index is 12.2. The molecule has 1 heterocycles. The Balaban J connectivity index is 2.13. The highest BCUT2D eigenvalue weighted by atomic mass is 35.5. The molecule has 1 fully saturated rings. The van der Waals surface area contributed by atoms with Gasteiger partial charge in [-0.2, -0.15) is 0 Å². The van der Waals surface area contributed by atoms with Gasteiger partial charge in [0.1, 0.15) is 6.04 Å². The summed E-state index contributed by atoms with van der Waals surface area (Å²) >= 11 is 5.85. The van der Waals surface area contributed by atoms with Gasteiger partial charge in [-0.25, -0.2) is 0 Å². The van der Waals surface area contributed by atoms with E-state index in [0.717, 1.165) is 4.90 Å². The number of halogens is 1. The maximum Gasteiger partial charge on any atom is 0.247 e. The molecule has 0 aliphatic carbocycles. The van der Waals surface area contributed by atoms with Gasteiger partial charge in [-0.1, -0.05) is 24.6 Å². The van der Waals surface area contributed by atoms with Crippen molar-refractivity contribution in [2.75, 3.05) is 5.32 Å². The van der Waals surface area contributed by atoms with Crippen molar-refractivity contribution in [2.45, 2.75) is 32.2 Å². The summed E-state index contributed by atoms with van der Waals surface area (Å²) in [5.41, 5.74) is 0.542. The molecule has 3 amide bonds. The number of anilines is 1. The molecule has 0 spiro atoms. The number of nitrogens with zero attached hydrogens (tertiary/aromatic N) is 1. The fourth-order valence-corrected chi connectivity index (χ4v) is 2.41. The second-order valence-corrected chi connectivity index (χ2v) is 5.02. The van der Waals surface area contributed by atoms with Gasteiger partial charge >= 0.3 is 0 Å². The lowest BCUT2D eigenvalue weighted by Crippen LogP contribution is -2.46. The number of carbonyl (C=O) groups is 3. The summed E-state index contributed by atoms with van der Waals surface area (Å²) in [5, 5.41) is 3.19. The van der Waals surface area contributed by atoms with Crippen molar-refractivity contribution in [3.63, 3.8) is 0 Å². The molecule has 1 aromatic rings. The second kappa shape index (κ2) is 6.05. The van der Waals surface area contributed by atoms with Crippen LogP contribution >= 0.6 is 11.6 Å². The number of carbonyl (C=O) groups excluding carboxylic acids is 3. The van der Waals surface area contributed by atoms with Crippen molar-refractivity contribution in [1.82, 2.24) is 4.90 Å². The molecule has 1 aliphatic rings. The van der Waals surface area contributed by atoms with Crippen LogP contribution in [0, 0.1) is 0 Å². The van der Waals surface area contributed by atoms with Crippen molar-refractivity contribution in [1.29, 1.82) is 0 Å². The van der Waals surface area contributed by atoms with Crippen LogP contribution in [0.3, 0.4) is 0 Å². The molecular weight excluding hydrogens is 280 g/mol. The average Bonchev–Trinajstić information content (AvgIpc) is 2.72. The lowest BCUT2D eigenvalue weighted by atomic mass is 10.1. The molecule has 1 unspecified atom stereocenters. The van der Waals surface area contributed by atoms with E-state index >= 15 is 0 Å². The van der Waals surface area contributed by atoms with E-state index in [2.05, 4.69) is 5.32 Å². The number of benzene rings is 1. The third-order valence-corrected chi connectivity index (χ3v) is 3.42. The van der Waals surface area contributed by atoms with E-state index < -0.39 is 6.04 Å². The summed E-state index contributed by atoms with van der Waals surface area (Å²) in [6.45, 7) is 1.76. The number of rotatable bonds is 4. The van der Waals surface area contributed by atoms with Gasteiger partial charge in [-0.3, -0.25) is 19.3 Å². The zero-order valence-electron chi connectivity index (χ0n) is 11.1. The first-order valence-electron chi connectivity index (χ1n) is 6.44. The van der Waals surface area contributed by atoms with E-state index in [-0.39, 0.29) is 30.6 Å². The number of imide groups is 1. The van der Waals surface area contributed by atoms with Crippen molar-refractivity contribution >= 4 is 35.0 Å². The minimum Gasteiger partial charge on any atom is -0.324 e. The van der Waals surface area contributed by atoms with Crippen LogP contribution in [-0.4, -0.2) is 28.7 Å². The summed E-state index contributed by atoms with van der Waals surface area (Å²) < 4.78 is 0. The predicted molar refractivity (Wildman–Crippen MR) is 75.2 cm³/mol. The van der Waals surface area contributed by atoms with E-state index in [0.29, 0.717) is 17.1 Å². The quantitative estimate of drug-likeness (QED) is 0.866. The number of nitrogens with one attached hydrogen (secondary N) is 1. The fraction of sp³-hybridized carbons (Fsp3) is 0.357. The Morgan fingerprint density at radius 2 is 2.00 bits per heavy atom. The minimum absolute atomic E-state index is 0.180. The third kappa shape index (κ3) is 2.99. The first-order chi connectivity index (χ1) is 9.52. The molecule has 6 heteroatoms. The van der Waals surface area contributed by atoms with Crippen LogP contribution < -0.4 is 5.32 Å². The smallest absolute Gasteiger partial charge is 0.247 e. The normalized spacial score (nSPS) is 16.4. The zero-order chi connectivity index (χ0) is 14.7. The van der Waals surface area contributed by atoms with E-state index in [4.69, 9.17) is 11.6 Å². The molecule has 1 saturated heterocycles. The summed E-state index contributed by atoms with van der Waals surface area (Å²) in [6.07, 6.45) is 0.740. The maximum atomic E-state index is 12.2. The molecule has 1 N–H and O–H groups in total. The second-order valence-electron chi connectivity index (χ2n) is 4.58. The van der Waals surface area contributed by atoms with Crippen LogP contribution in [0.1, 0.15) is 26.2 Å². The predicted octanol–water partition coefficient (Wildman–Crippen LogP) is 2.21. The lowest BCUT2D eigenvalue weighted by molar-refractivity contribution is -0.145. The van der Waals surface area contributed by atoms with E-state index in [1.54, 1.807) is 31.2 Å². The van der Waals surface area contributed by atoms with Gasteiger partial charge < -0.3 is 5.32 Å². The molecule has 0 radical (unpaired) electrons. The molecule has 0 bridgehead atoms. The molecule has 0 aromatic heterocycles. The van der Waals surface area contributed by atoms with Crippen molar-refractivity contribution < 1.29 is 14.4 Å². The average molecular weight is 295 g/mol. The molecule has 0 saturated carbocycles.